The van der Waals surface area contributed by atoms with Crippen LogP contribution in [0.15, 0.2) is 53.5 Å². The number of nitrogens with zero attached hydrogens (tertiary/aromatic N) is 1. The minimum Gasteiger partial charge on any atom is -0.368 e. The van der Waals surface area contributed by atoms with Crippen molar-refractivity contribution < 1.29 is 9.59 Å². The summed E-state index contributed by atoms with van der Waals surface area (Å²) in [6, 6.07) is 14.8. The maximum Gasteiger partial charge on any atom is 0.251 e. The van der Waals surface area contributed by atoms with Gasteiger partial charge in [0, 0.05) is 30.7 Å². The molecule has 5 N–H and O–H groups in total. The van der Waals surface area contributed by atoms with Crippen LogP contribution in [-0.4, -0.2) is 37.9 Å². The minimum absolute atomic E-state index is 0. The highest BCUT2D eigenvalue weighted by Gasteiger charge is 2.06. The van der Waals surface area contributed by atoms with Crippen LogP contribution in [0.5, 0.6) is 0 Å². The second-order valence-electron chi connectivity index (χ2n) is 6.04. The van der Waals surface area contributed by atoms with Crippen LogP contribution in [-0.2, 0) is 17.8 Å². The summed E-state index contributed by atoms with van der Waals surface area (Å²) < 4.78 is 0. The molecule has 0 bridgehead atoms. The molecule has 0 saturated heterocycles. The van der Waals surface area contributed by atoms with Gasteiger partial charge in [-0.3, -0.25) is 14.6 Å². The smallest absolute Gasteiger partial charge is 0.251 e. The van der Waals surface area contributed by atoms with E-state index in [1.54, 1.807) is 19.2 Å². The van der Waals surface area contributed by atoms with E-state index in [9.17, 15) is 9.59 Å². The van der Waals surface area contributed by atoms with Crippen molar-refractivity contribution in [2.75, 3.05) is 20.1 Å². The van der Waals surface area contributed by atoms with Crippen LogP contribution in [0.3, 0.4) is 0 Å². The number of nitrogens with one attached hydrogen (secondary N) is 3. The first-order chi connectivity index (χ1) is 13.5. The Morgan fingerprint density at radius 3 is 2.34 bits per heavy atom. The van der Waals surface area contributed by atoms with Crippen molar-refractivity contribution in [1.29, 1.82) is 0 Å². The Morgan fingerprint density at radius 2 is 1.72 bits per heavy atom. The zero-order valence-electron chi connectivity index (χ0n) is 16.1. The summed E-state index contributed by atoms with van der Waals surface area (Å²) in [5.41, 5.74) is 7.55. The first-order valence-electron chi connectivity index (χ1n) is 8.83. The number of nitrogens with two attached hydrogens (primary N) is 1. The largest absolute Gasteiger partial charge is 0.368 e. The molecule has 2 rings (SSSR count). The second kappa shape index (κ2) is 13.0. The van der Waals surface area contributed by atoms with Gasteiger partial charge in [0.2, 0.25) is 5.91 Å². The Bertz CT molecular complexity index is 843. The first kappa shape index (κ1) is 24.7. The van der Waals surface area contributed by atoms with Crippen molar-refractivity contribution in [3.63, 3.8) is 0 Å². The molecule has 0 unspecified atom stereocenters. The average Bonchev–Trinajstić information content (AvgIpc) is 2.70. The van der Waals surface area contributed by atoms with E-state index in [-0.39, 0.29) is 36.4 Å². The summed E-state index contributed by atoms with van der Waals surface area (Å²) in [5.74, 6) is -0.242. The Morgan fingerprint density at radius 1 is 1.03 bits per heavy atom. The van der Waals surface area contributed by atoms with Gasteiger partial charge in [0.1, 0.15) is 0 Å². The normalized spacial score (nSPS) is 10.6. The van der Waals surface area contributed by atoms with Gasteiger partial charge in [-0.25, -0.2) is 0 Å². The van der Waals surface area contributed by atoms with Gasteiger partial charge in [-0.05, 0) is 35.7 Å². The van der Waals surface area contributed by atoms with E-state index in [0.717, 1.165) is 22.6 Å². The number of amides is 2. The summed E-state index contributed by atoms with van der Waals surface area (Å²) in [6.07, 6.45) is 0.787. The van der Waals surface area contributed by atoms with Crippen LogP contribution >= 0.6 is 35.6 Å². The van der Waals surface area contributed by atoms with Gasteiger partial charge in [0.05, 0.1) is 6.54 Å². The quantitative estimate of drug-likeness (QED) is 0.239. The zero-order chi connectivity index (χ0) is 20.4. The summed E-state index contributed by atoms with van der Waals surface area (Å²) in [6.45, 7) is 1.07. The van der Waals surface area contributed by atoms with Crippen molar-refractivity contribution in [2.45, 2.75) is 13.0 Å². The molecule has 29 heavy (non-hydrogen) atoms. The number of hydrogen-bond acceptors (Lipinski definition) is 3. The highest BCUT2D eigenvalue weighted by atomic mass is 127. The van der Waals surface area contributed by atoms with Crippen LogP contribution in [0.25, 0.3) is 0 Å². The van der Waals surface area contributed by atoms with Gasteiger partial charge in [0.25, 0.3) is 5.91 Å². The van der Waals surface area contributed by atoms with E-state index >= 15 is 0 Å². The van der Waals surface area contributed by atoms with E-state index in [2.05, 4.69) is 20.9 Å². The Labute approximate surface area is 192 Å². The third-order valence-corrected chi connectivity index (χ3v) is 4.34. The summed E-state index contributed by atoms with van der Waals surface area (Å²) in [5, 5.41) is 9.67. The highest BCUT2D eigenvalue weighted by molar-refractivity contribution is 14.0. The maximum absolute atomic E-state index is 11.9. The van der Waals surface area contributed by atoms with Crippen LogP contribution in [0, 0.1) is 0 Å². The lowest BCUT2D eigenvalue weighted by atomic mass is 10.1. The number of carbonyl (C=O) groups is 2. The molecule has 2 aromatic rings. The van der Waals surface area contributed by atoms with Crippen LogP contribution in [0.1, 0.15) is 21.5 Å². The van der Waals surface area contributed by atoms with E-state index in [1.807, 2.05) is 36.4 Å². The molecular formula is C20H25ClIN5O2. The Kier molecular flexibility index (Phi) is 11.1. The molecular weight excluding hydrogens is 505 g/mol. The fourth-order valence-corrected chi connectivity index (χ4v) is 2.70. The van der Waals surface area contributed by atoms with E-state index < -0.39 is 5.91 Å². The molecule has 0 aliphatic rings. The Balaban J connectivity index is 0.00000420. The van der Waals surface area contributed by atoms with Crippen LogP contribution in [0.2, 0.25) is 5.02 Å². The summed E-state index contributed by atoms with van der Waals surface area (Å²) in [4.78, 5) is 26.8. The van der Waals surface area contributed by atoms with Crippen molar-refractivity contribution in [3.05, 3.63) is 70.2 Å². The van der Waals surface area contributed by atoms with Crippen molar-refractivity contribution in [3.8, 4) is 0 Å². The molecule has 7 nitrogen and oxygen atoms in total. The molecule has 0 aliphatic heterocycles. The number of guanidine groups is 1. The van der Waals surface area contributed by atoms with Gasteiger partial charge in [-0.1, -0.05) is 41.9 Å². The number of carbonyl (C=O) groups excluding carboxylic acids is 2. The summed E-state index contributed by atoms with van der Waals surface area (Å²) in [7, 11) is 1.71. The molecule has 0 aromatic heterocycles. The lowest BCUT2D eigenvalue weighted by Crippen LogP contribution is -2.37. The number of aliphatic imine (C=N–C) groups is 1. The van der Waals surface area contributed by atoms with E-state index in [0.29, 0.717) is 24.6 Å². The number of rotatable bonds is 8. The standard InChI is InChI=1S/C20H24ClN5O2.HI/c1-23-20(24-11-10-15-4-2-3-5-17(15)21)26-12-14-6-8-16(9-7-14)19(28)25-13-18(22)27;/h2-9H,10-13H2,1H3,(H2,22,27)(H,25,28)(H2,23,24,26);1H. The van der Waals surface area contributed by atoms with Gasteiger partial charge < -0.3 is 21.7 Å². The monoisotopic (exact) mass is 529 g/mol. The van der Waals surface area contributed by atoms with Gasteiger partial charge in [0.15, 0.2) is 5.96 Å². The fourth-order valence-electron chi connectivity index (χ4n) is 2.47. The molecule has 0 fully saturated rings. The lowest BCUT2D eigenvalue weighted by molar-refractivity contribution is -0.117. The third kappa shape index (κ3) is 8.70. The summed E-state index contributed by atoms with van der Waals surface area (Å²) >= 11 is 6.16. The molecule has 9 heteroatoms. The topological polar surface area (TPSA) is 109 Å². The van der Waals surface area contributed by atoms with Crippen molar-refractivity contribution in [1.82, 2.24) is 16.0 Å². The SMILES string of the molecule is CN=C(NCCc1ccccc1Cl)NCc1ccc(C(=O)NCC(N)=O)cc1.I. The molecule has 2 amide bonds. The molecule has 0 spiro atoms. The molecule has 156 valence electrons. The predicted octanol–water partition coefficient (Wildman–Crippen LogP) is 2.08. The van der Waals surface area contributed by atoms with Gasteiger partial charge >= 0.3 is 0 Å². The van der Waals surface area contributed by atoms with Crippen molar-refractivity contribution in [2.24, 2.45) is 10.7 Å². The second-order valence-corrected chi connectivity index (χ2v) is 6.45. The molecule has 0 radical (unpaired) electrons. The molecule has 0 aliphatic carbocycles. The molecule has 0 saturated carbocycles. The van der Waals surface area contributed by atoms with Crippen molar-refractivity contribution >= 4 is 53.4 Å². The maximum atomic E-state index is 11.9. The first-order valence-corrected chi connectivity index (χ1v) is 9.20. The number of primary amides is 1. The van der Waals surface area contributed by atoms with E-state index in [4.69, 9.17) is 17.3 Å². The molecule has 2 aromatic carbocycles. The molecule has 0 heterocycles. The minimum atomic E-state index is -0.581. The van der Waals surface area contributed by atoms with Crippen LogP contribution < -0.4 is 21.7 Å². The predicted molar refractivity (Wildman–Crippen MR) is 127 cm³/mol. The van der Waals surface area contributed by atoms with Gasteiger partial charge in [-0.15, -0.1) is 24.0 Å². The third-order valence-electron chi connectivity index (χ3n) is 3.97. The zero-order valence-corrected chi connectivity index (χ0v) is 19.2. The fraction of sp³-hybridized carbons (Fsp3) is 0.250. The number of hydrogen-bond donors (Lipinski definition) is 4. The van der Waals surface area contributed by atoms with Crippen LogP contribution in [0.4, 0.5) is 0 Å². The lowest BCUT2D eigenvalue weighted by Gasteiger charge is -2.12. The van der Waals surface area contributed by atoms with E-state index in [1.165, 1.54) is 0 Å². The average molecular weight is 530 g/mol. The number of halogens is 2. The molecule has 0 atom stereocenters. The highest BCUT2D eigenvalue weighted by Crippen LogP contribution is 2.14. The van der Waals surface area contributed by atoms with Gasteiger partial charge in [-0.2, -0.15) is 0 Å². The number of benzene rings is 2. The Hall–Kier alpha value is -2.33.